The number of hydrogen-bond acceptors (Lipinski definition) is 4. The summed E-state index contributed by atoms with van der Waals surface area (Å²) in [5.41, 5.74) is 9.63. The summed E-state index contributed by atoms with van der Waals surface area (Å²) in [6.45, 7) is 9.28. The molecule has 2 fully saturated rings. The fourth-order valence-corrected chi connectivity index (χ4v) is 9.28. The van der Waals surface area contributed by atoms with Gasteiger partial charge in [0.1, 0.15) is 0 Å². The Morgan fingerprint density at radius 3 is 2.33 bits per heavy atom. The molecule has 0 N–H and O–H groups in total. The Hall–Kier alpha value is -3.44. The van der Waals surface area contributed by atoms with Gasteiger partial charge in [0.2, 0.25) is 5.71 Å². The minimum Gasteiger partial charge on any atom is -0.486 e. The van der Waals surface area contributed by atoms with Gasteiger partial charge in [-0.3, -0.25) is 0 Å². The molecule has 6 heteroatoms. The van der Waals surface area contributed by atoms with Gasteiger partial charge >= 0.3 is 0 Å². The molecular formula is C43H47IrN3OSi-2. The zero-order valence-corrected chi connectivity index (χ0v) is 32.7. The predicted molar refractivity (Wildman–Crippen MR) is 201 cm³/mol. The number of furan rings is 1. The smallest absolute Gasteiger partial charge is 0.216 e. The predicted octanol–water partition coefficient (Wildman–Crippen LogP) is 11.0. The van der Waals surface area contributed by atoms with Crippen LogP contribution in [0.1, 0.15) is 80.5 Å². The maximum atomic E-state index is 5.87. The third-order valence-electron chi connectivity index (χ3n) is 10.3. The summed E-state index contributed by atoms with van der Waals surface area (Å²) in [7, 11) is -1.36. The number of aromatic nitrogens is 3. The van der Waals surface area contributed by atoms with E-state index in [1.807, 2.05) is 37.4 Å². The number of pyridine rings is 3. The molecular weight excluding hydrogens is 795 g/mol. The molecule has 255 valence electrons. The molecule has 2 aliphatic carbocycles. The Balaban J connectivity index is 0.000000169. The summed E-state index contributed by atoms with van der Waals surface area (Å²) in [5, 5.41) is 3.67. The average Bonchev–Trinajstić information content (AvgIpc) is 3.75. The fraction of sp³-hybridized carbons (Fsp3) is 0.372. The van der Waals surface area contributed by atoms with Crippen molar-refractivity contribution in [2.24, 2.45) is 5.92 Å². The first-order chi connectivity index (χ1) is 23.3. The normalized spacial score (nSPS) is 15.6. The molecule has 0 atom stereocenters. The maximum absolute atomic E-state index is 5.87. The Kier molecular flexibility index (Phi) is 11.3. The van der Waals surface area contributed by atoms with E-state index in [4.69, 9.17) is 9.40 Å². The van der Waals surface area contributed by atoms with Crippen molar-refractivity contribution in [2.45, 2.75) is 96.7 Å². The van der Waals surface area contributed by atoms with Crippen LogP contribution in [0, 0.1) is 25.0 Å². The van der Waals surface area contributed by atoms with Gasteiger partial charge in [0.25, 0.3) is 0 Å². The molecule has 8 rings (SSSR count). The van der Waals surface area contributed by atoms with Gasteiger partial charge in [-0.05, 0) is 72.8 Å². The summed E-state index contributed by atoms with van der Waals surface area (Å²) in [6, 6.07) is 29.7. The topological polar surface area (TPSA) is 51.8 Å². The third kappa shape index (κ3) is 8.31. The second-order valence-electron chi connectivity index (χ2n) is 15.0. The van der Waals surface area contributed by atoms with E-state index >= 15 is 0 Å². The molecule has 4 nitrogen and oxygen atoms in total. The van der Waals surface area contributed by atoms with Crippen LogP contribution >= 0.6 is 0 Å². The zero-order valence-electron chi connectivity index (χ0n) is 29.3. The van der Waals surface area contributed by atoms with Gasteiger partial charge in [-0.1, -0.05) is 93.2 Å². The van der Waals surface area contributed by atoms with Crippen LogP contribution in [-0.4, -0.2) is 23.0 Å². The van der Waals surface area contributed by atoms with E-state index < -0.39 is 8.07 Å². The minimum absolute atomic E-state index is 0. The number of nitrogens with zero attached hydrogens (tertiary/aromatic N) is 3. The van der Waals surface area contributed by atoms with Crippen molar-refractivity contribution in [3.8, 4) is 22.5 Å². The maximum Gasteiger partial charge on any atom is 0.216 e. The molecule has 4 heterocycles. The van der Waals surface area contributed by atoms with Gasteiger partial charge in [-0.2, -0.15) is 0 Å². The number of rotatable bonds is 6. The SMILES string of the molecule is C[Si](C)(C)c1cnc(-c2[c-]cccc2)cc1C1CCCCC1.Cc1ccc2c(n1)oc1c[c-]c(-c3cc(CC4CCCC4)ccn3)cc12.[Ir]. The van der Waals surface area contributed by atoms with Crippen molar-refractivity contribution in [2.75, 3.05) is 0 Å². The Morgan fingerprint density at radius 1 is 0.796 bits per heavy atom. The number of benzene rings is 2. The number of aryl methyl sites for hydroxylation is 1. The molecule has 1 radical (unpaired) electrons. The monoisotopic (exact) mass is 842 g/mol. The molecule has 2 saturated carbocycles. The molecule has 0 amide bonds. The van der Waals surface area contributed by atoms with E-state index in [2.05, 4.69) is 90.4 Å². The Labute approximate surface area is 306 Å². The minimum atomic E-state index is -1.36. The van der Waals surface area contributed by atoms with Gasteiger partial charge in [0, 0.05) is 43.6 Å². The van der Waals surface area contributed by atoms with Crippen LogP contribution in [0.4, 0.5) is 0 Å². The van der Waals surface area contributed by atoms with Gasteiger partial charge in [0.15, 0.2) is 0 Å². The Morgan fingerprint density at radius 2 is 1.57 bits per heavy atom. The van der Waals surface area contributed by atoms with E-state index in [9.17, 15) is 0 Å². The average molecular weight is 842 g/mol. The Bertz CT molecular complexity index is 2000. The van der Waals surface area contributed by atoms with Crippen LogP contribution in [0.3, 0.4) is 0 Å². The number of hydrogen-bond donors (Lipinski definition) is 0. The van der Waals surface area contributed by atoms with E-state index in [-0.39, 0.29) is 20.1 Å². The van der Waals surface area contributed by atoms with Crippen molar-refractivity contribution >= 4 is 35.3 Å². The molecule has 49 heavy (non-hydrogen) atoms. The molecule has 0 spiro atoms. The quantitative estimate of drug-likeness (QED) is 0.124. The first-order valence-electron chi connectivity index (χ1n) is 18.0. The van der Waals surface area contributed by atoms with E-state index in [1.165, 1.54) is 63.4 Å². The van der Waals surface area contributed by atoms with Crippen LogP contribution < -0.4 is 5.19 Å². The van der Waals surface area contributed by atoms with Crippen LogP contribution in [0.25, 0.3) is 44.6 Å². The summed E-state index contributed by atoms with van der Waals surface area (Å²) in [4.78, 5) is 13.9. The van der Waals surface area contributed by atoms with Crippen molar-refractivity contribution in [3.63, 3.8) is 0 Å². The second kappa shape index (κ2) is 15.6. The van der Waals surface area contributed by atoms with Crippen molar-refractivity contribution in [3.05, 3.63) is 108 Å². The standard InChI is InChI=1S/C23H21N2O.C20H26NSi.Ir/c1-15-6-8-19-20-14-18(7-9-22(20)26-23(19)25-15)21-13-17(10-11-24-21)12-16-4-2-3-5-16;1-22(2,3)20-15-21-19(17-12-8-5-9-13-17)14-18(20)16-10-6-4-7-11-16;/h6,8-11,13-14,16H,2-5,12H2,1H3;5,8-9,12,14-16H,4,6-7,10-11H2,1-3H3;/q2*-1;. The third-order valence-corrected chi connectivity index (χ3v) is 12.3. The molecule has 0 aliphatic heterocycles. The fourth-order valence-electron chi connectivity index (χ4n) is 7.69. The van der Waals surface area contributed by atoms with Crippen LogP contribution in [0.5, 0.6) is 0 Å². The van der Waals surface area contributed by atoms with Crippen molar-refractivity contribution in [1.82, 2.24) is 15.0 Å². The van der Waals surface area contributed by atoms with Crippen LogP contribution in [0.2, 0.25) is 19.6 Å². The summed E-state index contributed by atoms with van der Waals surface area (Å²) < 4.78 is 5.87. The van der Waals surface area contributed by atoms with Crippen LogP contribution in [0.15, 0.2) is 83.5 Å². The summed E-state index contributed by atoms with van der Waals surface area (Å²) in [6.07, 6.45) is 17.6. The van der Waals surface area contributed by atoms with Crippen molar-refractivity contribution < 1.29 is 24.5 Å². The van der Waals surface area contributed by atoms with E-state index in [0.717, 1.165) is 62.8 Å². The van der Waals surface area contributed by atoms with Crippen molar-refractivity contribution in [1.29, 1.82) is 0 Å². The molecule has 4 aromatic heterocycles. The zero-order chi connectivity index (χ0) is 33.1. The molecule has 0 unspecified atom stereocenters. The summed E-state index contributed by atoms with van der Waals surface area (Å²) >= 11 is 0. The molecule has 2 aliphatic rings. The molecule has 0 bridgehead atoms. The van der Waals surface area contributed by atoms with E-state index in [1.54, 1.807) is 10.8 Å². The van der Waals surface area contributed by atoms with Gasteiger partial charge < -0.3 is 14.4 Å². The first kappa shape index (κ1) is 35.4. The number of fused-ring (bicyclic) bond motifs is 3. The molecule has 6 aromatic rings. The van der Waals surface area contributed by atoms with Crippen LogP contribution in [-0.2, 0) is 26.5 Å². The molecule has 2 aromatic carbocycles. The largest absolute Gasteiger partial charge is 0.486 e. The second-order valence-corrected chi connectivity index (χ2v) is 20.0. The molecule has 0 saturated heterocycles. The first-order valence-corrected chi connectivity index (χ1v) is 21.5. The van der Waals surface area contributed by atoms with E-state index in [0.29, 0.717) is 5.71 Å². The van der Waals surface area contributed by atoms with Gasteiger partial charge in [-0.25, -0.2) is 4.98 Å². The van der Waals surface area contributed by atoms with Gasteiger partial charge in [0.05, 0.1) is 13.7 Å². The van der Waals surface area contributed by atoms with Gasteiger partial charge in [-0.15, -0.1) is 59.7 Å². The summed E-state index contributed by atoms with van der Waals surface area (Å²) in [5.74, 6) is 1.57.